The Bertz CT molecular complexity index is 1150. The van der Waals surface area contributed by atoms with E-state index in [2.05, 4.69) is 9.88 Å². The monoisotopic (exact) mass is 468 g/mol. The first kappa shape index (κ1) is 24.2. The summed E-state index contributed by atoms with van der Waals surface area (Å²) in [5.41, 5.74) is 2.16. The predicted molar refractivity (Wildman–Crippen MR) is 132 cm³/mol. The number of hydrogen-bond acceptors (Lipinski definition) is 5. The van der Waals surface area contributed by atoms with Crippen LogP contribution in [0.15, 0.2) is 41.2 Å². The topological polar surface area (TPSA) is 63.8 Å². The van der Waals surface area contributed by atoms with Gasteiger partial charge in [-0.3, -0.25) is 9.69 Å². The number of aryl methyl sites for hydroxylation is 1. The molecule has 1 aliphatic heterocycles. The molecule has 7 heteroatoms. The van der Waals surface area contributed by atoms with E-state index in [9.17, 15) is 9.18 Å². The number of unbranched alkanes of at least 4 members (excludes halogenated alkanes) is 1. The van der Waals surface area contributed by atoms with Gasteiger partial charge in [0, 0.05) is 24.3 Å². The Morgan fingerprint density at radius 2 is 1.85 bits per heavy atom. The van der Waals surface area contributed by atoms with Crippen molar-refractivity contribution in [2.24, 2.45) is 0 Å². The highest BCUT2D eigenvalue weighted by atomic mass is 19.1. The van der Waals surface area contributed by atoms with E-state index in [-0.39, 0.29) is 10.8 Å². The number of nitrogens with one attached hydrogen (secondary N) is 1. The van der Waals surface area contributed by atoms with Gasteiger partial charge in [0.1, 0.15) is 17.3 Å². The van der Waals surface area contributed by atoms with E-state index < -0.39 is 5.82 Å². The first-order valence-electron chi connectivity index (χ1n) is 12.1. The SMILES string of the molecule is CCCOc1ccc(F)c2c(=O)c(-c3ccc(OC)cc3)c(CCCCN3CCOCC3)[nH]c12. The molecule has 1 fully saturated rings. The Hall–Kier alpha value is -2.90. The molecular weight excluding hydrogens is 435 g/mol. The van der Waals surface area contributed by atoms with Crippen LogP contribution in [0.1, 0.15) is 31.9 Å². The first-order valence-corrected chi connectivity index (χ1v) is 12.1. The van der Waals surface area contributed by atoms with Gasteiger partial charge in [-0.25, -0.2) is 4.39 Å². The molecule has 0 spiro atoms. The molecule has 0 aliphatic carbocycles. The lowest BCUT2D eigenvalue weighted by molar-refractivity contribution is 0.0372. The molecule has 4 rings (SSSR count). The minimum Gasteiger partial charge on any atom is -0.497 e. The Morgan fingerprint density at radius 1 is 1.09 bits per heavy atom. The van der Waals surface area contributed by atoms with Crippen molar-refractivity contribution in [1.29, 1.82) is 0 Å². The van der Waals surface area contributed by atoms with Crippen LogP contribution in [0.4, 0.5) is 4.39 Å². The number of aromatic nitrogens is 1. The van der Waals surface area contributed by atoms with Gasteiger partial charge in [-0.15, -0.1) is 0 Å². The van der Waals surface area contributed by atoms with Crippen LogP contribution in [0.5, 0.6) is 11.5 Å². The number of pyridine rings is 1. The highest BCUT2D eigenvalue weighted by Gasteiger charge is 2.19. The number of aromatic amines is 1. The van der Waals surface area contributed by atoms with Gasteiger partial charge in [-0.2, -0.15) is 0 Å². The summed E-state index contributed by atoms with van der Waals surface area (Å²) in [5, 5.41) is 0.0384. The second-order valence-electron chi connectivity index (χ2n) is 8.59. The van der Waals surface area contributed by atoms with E-state index in [1.807, 2.05) is 31.2 Å². The Kier molecular flexibility index (Phi) is 8.19. The second kappa shape index (κ2) is 11.5. The molecule has 0 radical (unpaired) electrons. The molecule has 0 bridgehead atoms. The fraction of sp³-hybridized carbons (Fsp3) is 0.444. The van der Waals surface area contributed by atoms with Crippen LogP contribution in [0.25, 0.3) is 22.0 Å². The lowest BCUT2D eigenvalue weighted by Crippen LogP contribution is -2.36. The van der Waals surface area contributed by atoms with E-state index in [1.54, 1.807) is 13.2 Å². The fourth-order valence-corrected chi connectivity index (χ4v) is 4.42. The molecule has 2 heterocycles. The summed E-state index contributed by atoms with van der Waals surface area (Å²) in [5.74, 6) is 0.661. The molecule has 0 unspecified atom stereocenters. The molecule has 34 heavy (non-hydrogen) atoms. The molecular formula is C27H33FN2O4. The largest absolute Gasteiger partial charge is 0.497 e. The molecule has 0 amide bonds. The summed E-state index contributed by atoms with van der Waals surface area (Å²) < 4.78 is 31.4. The summed E-state index contributed by atoms with van der Waals surface area (Å²) in [6.07, 6.45) is 3.41. The fourth-order valence-electron chi connectivity index (χ4n) is 4.42. The van der Waals surface area contributed by atoms with Crippen molar-refractivity contribution >= 4 is 10.9 Å². The van der Waals surface area contributed by atoms with Crippen LogP contribution in [-0.4, -0.2) is 56.4 Å². The van der Waals surface area contributed by atoms with Crippen molar-refractivity contribution in [3.05, 3.63) is 58.1 Å². The van der Waals surface area contributed by atoms with Gasteiger partial charge in [-0.05, 0) is 62.1 Å². The van der Waals surface area contributed by atoms with Gasteiger partial charge in [0.2, 0.25) is 5.43 Å². The summed E-state index contributed by atoms with van der Waals surface area (Å²) in [4.78, 5) is 19.5. The van der Waals surface area contributed by atoms with Crippen LogP contribution in [-0.2, 0) is 11.2 Å². The number of fused-ring (bicyclic) bond motifs is 1. The third-order valence-electron chi connectivity index (χ3n) is 6.24. The lowest BCUT2D eigenvalue weighted by atomic mass is 9.97. The molecule has 2 aromatic carbocycles. The van der Waals surface area contributed by atoms with Gasteiger partial charge in [-0.1, -0.05) is 19.1 Å². The maximum atomic E-state index is 14.9. The number of hydrogen-bond donors (Lipinski definition) is 1. The highest BCUT2D eigenvalue weighted by molar-refractivity contribution is 5.89. The normalized spacial score (nSPS) is 14.4. The first-order chi connectivity index (χ1) is 16.6. The Morgan fingerprint density at radius 3 is 2.56 bits per heavy atom. The second-order valence-corrected chi connectivity index (χ2v) is 8.59. The van der Waals surface area contributed by atoms with E-state index >= 15 is 0 Å². The number of nitrogens with zero attached hydrogens (tertiary/aromatic N) is 1. The highest BCUT2D eigenvalue weighted by Crippen LogP contribution is 2.30. The number of halogens is 1. The van der Waals surface area contributed by atoms with Crippen molar-refractivity contribution in [2.75, 3.05) is 46.6 Å². The average Bonchev–Trinajstić information content (AvgIpc) is 2.87. The smallest absolute Gasteiger partial charge is 0.200 e. The number of H-pyrrole nitrogens is 1. The Labute approximate surface area is 199 Å². The molecule has 3 aromatic rings. The number of morpholine rings is 1. The van der Waals surface area contributed by atoms with Gasteiger partial charge in [0.15, 0.2) is 0 Å². The van der Waals surface area contributed by atoms with Gasteiger partial charge >= 0.3 is 0 Å². The number of methoxy groups -OCH3 is 1. The van der Waals surface area contributed by atoms with Gasteiger partial charge in [0.05, 0.1) is 37.8 Å². The van der Waals surface area contributed by atoms with E-state index in [0.29, 0.717) is 35.6 Å². The number of rotatable bonds is 10. The van der Waals surface area contributed by atoms with E-state index in [1.165, 1.54) is 6.07 Å². The zero-order chi connectivity index (χ0) is 23.9. The molecule has 0 saturated carbocycles. The molecule has 1 saturated heterocycles. The maximum Gasteiger partial charge on any atom is 0.200 e. The molecule has 0 atom stereocenters. The summed E-state index contributed by atoms with van der Waals surface area (Å²) >= 11 is 0. The molecule has 1 N–H and O–H groups in total. The predicted octanol–water partition coefficient (Wildman–Crippen LogP) is 4.79. The van der Waals surface area contributed by atoms with E-state index in [4.69, 9.17) is 14.2 Å². The van der Waals surface area contributed by atoms with Crippen LogP contribution < -0.4 is 14.9 Å². The van der Waals surface area contributed by atoms with Gasteiger partial charge < -0.3 is 19.2 Å². The van der Waals surface area contributed by atoms with Crippen molar-refractivity contribution in [3.63, 3.8) is 0 Å². The molecule has 1 aliphatic rings. The van der Waals surface area contributed by atoms with Crippen molar-refractivity contribution in [1.82, 2.24) is 9.88 Å². The zero-order valence-electron chi connectivity index (χ0n) is 20.0. The molecule has 182 valence electrons. The minimum absolute atomic E-state index is 0.0384. The average molecular weight is 469 g/mol. The van der Waals surface area contributed by atoms with Crippen molar-refractivity contribution in [3.8, 4) is 22.6 Å². The number of benzene rings is 2. The van der Waals surface area contributed by atoms with E-state index in [0.717, 1.165) is 63.4 Å². The standard InChI is InChI=1S/C27H33FN2O4/c1-3-16-34-23-12-11-21(28)25-26(23)29-22(6-4-5-13-30-14-17-33-18-15-30)24(27(25)31)19-7-9-20(32-2)10-8-19/h7-12H,3-6,13-18H2,1-2H3,(H,29,31). The molecule has 6 nitrogen and oxygen atoms in total. The Balaban J connectivity index is 1.70. The minimum atomic E-state index is -0.547. The van der Waals surface area contributed by atoms with Crippen LogP contribution in [0.2, 0.25) is 0 Å². The summed E-state index contributed by atoms with van der Waals surface area (Å²) in [6.45, 7) is 6.99. The van der Waals surface area contributed by atoms with Crippen molar-refractivity contribution in [2.45, 2.75) is 32.6 Å². The lowest BCUT2D eigenvalue weighted by Gasteiger charge is -2.26. The molecule has 1 aromatic heterocycles. The maximum absolute atomic E-state index is 14.9. The van der Waals surface area contributed by atoms with Gasteiger partial charge in [0.25, 0.3) is 0 Å². The van der Waals surface area contributed by atoms with Crippen molar-refractivity contribution < 1.29 is 18.6 Å². The summed E-state index contributed by atoms with van der Waals surface area (Å²) in [7, 11) is 1.60. The van der Waals surface area contributed by atoms with Crippen LogP contribution in [0, 0.1) is 5.82 Å². The van der Waals surface area contributed by atoms with Crippen LogP contribution in [0.3, 0.4) is 0 Å². The third kappa shape index (κ3) is 5.42. The zero-order valence-corrected chi connectivity index (χ0v) is 20.0. The van der Waals surface area contributed by atoms with Crippen LogP contribution >= 0.6 is 0 Å². The number of ether oxygens (including phenoxy) is 3. The summed E-state index contributed by atoms with van der Waals surface area (Å²) in [6, 6.07) is 10.2. The third-order valence-corrected chi connectivity index (χ3v) is 6.24. The quantitative estimate of drug-likeness (QED) is 0.434.